The Bertz CT molecular complexity index is 533. The molecule has 1 heterocycles. The summed E-state index contributed by atoms with van der Waals surface area (Å²) in [5.74, 6) is -0.262. The smallest absolute Gasteiger partial charge is 0.326 e. The maximum atomic E-state index is 12.3. The first-order valence-electron chi connectivity index (χ1n) is 8.13. The zero-order chi connectivity index (χ0) is 17.4. The molecule has 6 nitrogen and oxygen atoms in total. The van der Waals surface area contributed by atoms with Crippen LogP contribution in [0, 0.1) is 0 Å². The molecule has 1 saturated heterocycles. The highest BCUT2D eigenvalue weighted by molar-refractivity contribution is 7.98. The van der Waals surface area contributed by atoms with Gasteiger partial charge < -0.3 is 15.3 Å². The summed E-state index contributed by atoms with van der Waals surface area (Å²) in [5, 5.41) is 11.8. The summed E-state index contributed by atoms with van der Waals surface area (Å²) in [6, 6.07) is 9.17. The summed E-state index contributed by atoms with van der Waals surface area (Å²) in [6.07, 6.45) is 2.36. The minimum Gasteiger partial charge on any atom is -0.480 e. The number of hydrogen-bond donors (Lipinski definition) is 2. The van der Waals surface area contributed by atoms with Gasteiger partial charge in [0.05, 0.1) is 0 Å². The maximum Gasteiger partial charge on any atom is 0.326 e. The number of nitrogens with zero attached hydrogens (tertiary/aromatic N) is 2. The first-order valence-corrected chi connectivity index (χ1v) is 9.53. The van der Waals surface area contributed by atoms with Gasteiger partial charge in [-0.2, -0.15) is 11.8 Å². The number of hydrogen-bond acceptors (Lipinski definition) is 4. The van der Waals surface area contributed by atoms with Gasteiger partial charge in [-0.1, -0.05) is 30.3 Å². The van der Waals surface area contributed by atoms with E-state index in [0.717, 1.165) is 19.6 Å². The molecule has 1 aliphatic rings. The largest absolute Gasteiger partial charge is 0.480 e. The van der Waals surface area contributed by atoms with E-state index in [-0.39, 0.29) is 6.03 Å². The van der Waals surface area contributed by atoms with Crippen LogP contribution in [-0.4, -0.2) is 71.1 Å². The van der Waals surface area contributed by atoms with E-state index in [9.17, 15) is 14.7 Å². The van der Waals surface area contributed by atoms with Gasteiger partial charge in [-0.05, 0) is 24.0 Å². The monoisotopic (exact) mass is 351 g/mol. The molecule has 132 valence electrons. The zero-order valence-electron chi connectivity index (χ0n) is 14.0. The fourth-order valence-electron chi connectivity index (χ4n) is 2.68. The van der Waals surface area contributed by atoms with Gasteiger partial charge in [0.25, 0.3) is 0 Å². The lowest BCUT2D eigenvalue weighted by molar-refractivity contribution is -0.139. The van der Waals surface area contributed by atoms with E-state index in [1.54, 1.807) is 16.7 Å². The summed E-state index contributed by atoms with van der Waals surface area (Å²) >= 11 is 1.58. The van der Waals surface area contributed by atoms with Crippen molar-refractivity contribution in [1.29, 1.82) is 0 Å². The second-order valence-electron chi connectivity index (χ2n) is 5.87. The Kier molecular flexibility index (Phi) is 7.39. The predicted octanol–water partition coefficient (Wildman–Crippen LogP) is 1.72. The summed E-state index contributed by atoms with van der Waals surface area (Å²) < 4.78 is 0. The number of aliphatic carboxylic acids is 1. The number of nitrogens with one attached hydrogen (secondary N) is 1. The average molecular weight is 351 g/mol. The lowest BCUT2D eigenvalue weighted by Gasteiger charge is -2.35. The summed E-state index contributed by atoms with van der Waals surface area (Å²) in [5.41, 5.74) is 1.26. The van der Waals surface area contributed by atoms with Crippen molar-refractivity contribution in [3.05, 3.63) is 35.9 Å². The highest BCUT2D eigenvalue weighted by Gasteiger charge is 2.25. The van der Waals surface area contributed by atoms with E-state index in [1.807, 2.05) is 24.5 Å². The molecule has 0 aromatic heterocycles. The van der Waals surface area contributed by atoms with Crippen LogP contribution < -0.4 is 5.32 Å². The van der Waals surface area contributed by atoms with Crippen molar-refractivity contribution in [2.45, 2.75) is 19.0 Å². The van der Waals surface area contributed by atoms with Crippen LogP contribution >= 0.6 is 11.8 Å². The number of amides is 2. The topological polar surface area (TPSA) is 72.9 Å². The van der Waals surface area contributed by atoms with Crippen molar-refractivity contribution in [3.8, 4) is 0 Å². The molecule has 2 N–H and O–H groups in total. The Hall–Kier alpha value is -1.73. The standard InChI is InChI=1S/C17H25N3O3S/c1-24-12-7-15(16(21)22)18-17(23)20-10-8-19(9-11-20)13-14-5-3-2-4-6-14/h2-6,15H,7-13H2,1H3,(H,18,23)(H,21,22). The number of thioether (sulfide) groups is 1. The van der Waals surface area contributed by atoms with Gasteiger partial charge in [-0.3, -0.25) is 4.90 Å². The van der Waals surface area contributed by atoms with E-state index in [0.29, 0.717) is 25.3 Å². The first kappa shape index (κ1) is 18.6. The number of carboxylic acid groups (broad SMARTS) is 1. The van der Waals surface area contributed by atoms with E-state index < -0.39 is 12.0 Å². The third-order valence-electron chi connectivity index (χ3n) is 4.11. The Labute approximate surface area is 147 Å². The van der Waals surface area contributed by atoms with Crippen LogP contribution in [0.15, 0.2) is 30.3 Å². The van der Waals surface area contributed by atoms with Gasteiger partial charge in [-0.15, -0.1) is 0 Å². The quantitative estimate of drug-likeness (QED) is 0.783. The van der Waals surface area contributed by atoms with Gasteiger partial charge in [0, 0.05) is 32.7 Å². The molecule has 0 saturated carbocycles. The Morgan fingerprint density at radius 1 is 1.21 bits per heavy atom. The molecule has 0 spiro atoms. The Morgan fingerprint density at radius 2 is 1.88 bits per heavy atom. The zero-order valence-corrected chi connectivity index (χ0v) is 14.8. The summed E-state index contributed by atoms with van der Waals surface area (Å²) in [6.45, 7) is 3.71. The van der Waals surface area contributed by atoms with Gasteiger partial charge >= 0.3 is 12.0 Å². The molecule has 1 aromatic rings. The Morgan fingerprint density at radius 3 is 2.46 bits per heavy atom. The number of rotatable bonds is 7. The third kappa shape index (κ3) is 5.72. The van der Waals surface area contributed by atoms with Gasteiger partial charge in [0.2, 0.25) is 0 Å². The van der Waals surface area contributed by atoms with Crippen molar-refractivity contribution >= 4 is 23.8 Å². The fourth-order valence-corrected chi connectivity index (χ4v) is 3.16. The second-order valence-corrected chi connectivity index (χ2v) is 6.86. The van der Waals surface area contributed by atoms with Crippen LogP contribution in [0.5, 0.6) is 0 Å². The number of carbonyl (C=O) groups is 2. The summed E-state index contributed by atoms with van der Waals surface area (Å²) in [7, 11) is 0. The molecule has 0 radical (unpaired) electrons. The molecule has 1 atom stereocenters. The molecular weight excluding hydrogens is 326 g/mol. The normalized spacial score (nSPS) is 16.6. The van der Waals surface area contributed by atoms with E-state index in [1.165, 1.54) is 5.56 Å². The molecule has 1 unspecified atom stereocenters. The molecular formula is C17H25N3O3S. The van der Waals surface area contributed by atoms with E-state index in [2.05, 4.69) is 22.3 Å². The van der Waals surface area contributed by atoms with Gasteiger partial charge in [0.15, 0.2) is 0 Å². The SMILES string of the molecule is CSCCC(NC(=O)N1CCN(Cc2ccccc2)CC1)C(=O)O. The molecule has 2 rings (SSSR count). The average Bonchev–Trinajstić information content (AvgIpc) is 2.59. The van der Waals surface area contributed by atoms with E-state index in [4.69, 9.17) is 0 Å². The van der Waals surface area contributed by atoms with Gasteiger partial charge in [0.1, 0.15) is 6.04 Å². The molecule has 0 bridgehead atoms. The predicted molar refractivity (Wildman–Crippen MR) is 96.2 cm³/mol. The third-order valence-corrected chi connectivity index (χ3v) is 4.76. The highest BCUT2D eigenvalue weighted by atomic mass is 32.2. The number of carbonyl (C=O) groups excluding carboxylic acids is 1. The van der Waals surface area contributed by atoms with Crippen molar-refractivity contribution in [3.63, 3.8) is 0 Å². The van der Waals surface area contributed by atoms with Crippen LogP contribution in [-0.2, 0) is 11.3 Å². The first-order chi connectivity index (χ1) is 11.6. The lowest BCUT2D eigenvalue weighted by Crippen LogP contribution is -2.54. The van der Waals surface area contributed by atoms with E-state index >= 15 is 0 Å². The van der Waals surface area contributed by atoms with Crippen molar-refractivity contribution < 1.29 is 14.7 Å². The van der Waals surface area contributed by atoms with Crippen molar-refractivity contribution in [2.24, 2.45) is 0 Å². The molecule has 1 fully saturated rings. The van der Waals surface area contributed by atoms with Crippen molar-refractivity contribution in [1.82, 2.24) is 15.1 Å². The van der Waals surface area contributed by atoms with Crippen LogP contribution in [0.1, 0.15) is 12.0 Å². The number of carboxylic acids is 1. The Balaban J connectivity index is 1.78. The molecule has 24 heavy (non-hydrogen) atoms. The van der Waals surface area contributed by atoms with Gasteiger partial charge in [-0.25, -0.2) is 9.59 Å². The molecule has 1 aromatic carbocycles. The second kappa shape index (κ2) is 9.54. The number of benzene rings is 1. The van der Waals surface area contributed by atoms with Crippen molar-refractivity contribution in [2.75, 3.05) is 38.2 Å². The maximum absolute atomic E-state index is 12.3. The molecule has 7 heteroatoms. The molecule has 2 amide bonds. The highest BCUT2D eigenvalue weighted by Crippen LogP contribution is 2.09. The van der Waals surface area contributed by atoms with Crippen LogP contribution in [0.4, 0.5) is 4.79 Å². The fraction of sp³-hybridized carbons (Fsp3) is 0.529. The number of piperazine rings is 1. The van der Waals surface area contributed by atoms with Crippen LogP contribution in [0.25, 0.3) is 0 Å². The van der Waals surface area contributed by atoms with Crippen LogP contribution in [0.2, 0.25) is 0 Å². The number of urea groups is 1. The molecule has 0 aliphatic carbocycles. The van der Waals surface area contributed by atoms with Crippen LogP contribution in [0.3, 0.4) is 0 Å². The lowest BCUT2D eigenvalue weighted by atomic mass is 10.2. The molecule has 1 aliphatic heterocycles. The minimum atomic E-state index is -0.972. The minimum absolute atomic E-state index is 0.275. The summed E-state index contributed by atoms with van der Waals surface area (Å²) in [4.78, 5) is 27.5.